The fourth-order valence-corrected chi connectivity index (χ4v) is 4.23. The molecule has 30 heavy (non-hydrogen) atoms. The molecule has 0 amide bonds. The second-order valence-electron chi connectivity index (χ2n) is 9.60. The number of unbranched alkanes of at least 4 members (excludes halogenated alkanes) is 9. The summed E-state index contributed by atoms with van der Waals surface area (Å²) in [4.78, 5) is 24.4. The Balaban J connectivity index is 1.99. The summed E-state index contributed by atoms with van der Waals surface area (Å²) in [5.74, 6) is 0.448. The molecule has 0 aliphatic heterocycles. The van der Waals surface area contributed by atoms with Gasteiger partial charge in [-0.25, -0.2) is 0 Å². The van der Waals surface area contributed by atoms with Gasteiger partial charge in [-0.15, -0.1) is 0 Å². The summed E-state index contributed by atoms with van der Waals surface area (Å²) >= 11 is 0. The van der Waals surface area contributed by atoms with Crippen molar-refractivity contribution in [3.8, 4) is 0 Å². The SMILES string of the molecule is CCCCCCCCCCCCOC(=O)C1CCC(C(=O)OCCCC(C)C)CC1. The van der Waals surface area contributed by atoms with E-state index in [1.54, 1.807) is 0 Å². The van der Waals surface area contributed by atoms with Crippen LogP contribution in [0.5, 0.6) is 0 Å². The van der Waals surface area contributed by atoms with Crippen LogP contribution in [-0.4, -0.2) is 25.2 Å². The Morgan fingerprint density at radius 3 is 1.50 bits per heavy atom. The Hall–Kier alpha value is -1.06. The van der Waals surface area contributed by atoms with Crippen molar-refractivity contribution in [2.24, 2.45) is 17.8 Å². The Morgan fingerprint density at radius 2 is 1.07 bits per heavy atom. The Morgan fingerprint density at radius 1 is 0.667 bits per heavy atom. The van der Waals surface area contributed by atoms with Gasteiger partial charge in [0.25, 0.3) is 0 Å². The van der Waals surface area contributed by atoms with Crippen LogP contribution < -0.4 is 0 Å². The number of rotatable bonds is 17. The minimum atomic E-state index is -0.0732. The first-order chi connectivity index (χ1) is 14.5. The summed E-state index contributed by atoms with van der Waals surface area (Å²) < 4.78 is 10.9. The normalized spacial score (nSPS) is 19.1. The zero-order valence-electron chi connectivity index (χ0n) is 20.1. The van der Waals surface area contributed by atoms with Crippen molar-refractivity contribution >= 4 is 11.9 Å². The zero-order chi connectivity index (χ0) is 22.0. The van der Waals surface area contributed by atoms with Gasteiger partial charge in [-0.2, -0.15) is 0 Å². The van der Waals surface area contributed by atoms with Gasteiger partial charge in [0.2, 0.25) is 0 Å². The number of carbonyl (C=O) groups excluding carboxylic acids is 2. The third-order valence-electron chi connectivity index (χ3n) is 6.31. The summed E-state index contributed by atoms with van der Waals surface area (Å²) in [7, 11) is 0. The summed E-state index contributed by atoms with van der Waals surface area (Å²) in [5.41, 5.74) is 0. The van der Waals surface area contributed by atoms with Crippen molar-refractivity contribution in [1.29, 1.82) is 0 Å². The van der Waals surface area contributed by atoms with E-state index in [0.29, 0.717) is 19.1 Å². The van der Waals surface area contributed by atoms with Gasteiger partial charge in [-0.1, -0.05) is 78.6 Å². The molecule has 1 fully saturated rings. The van der Waals surface area contributed by atoms with Crippen LogP contribution in [0, 0.1) is 17.8 Å². The number of ether oxygens (including phenoxy) is 2. The van der Waals surface area contributed by atoms with Crippen molar-refractivity contribution < 1.29 is 19.1 Å². The molecular weight excluding hydrogens is 376 g/mol. The number of hydrogen-bond donors (Lipinski definition) is 0. The molecule has 1 rings (SSSR count). The minimum Gasteiger partial charge on any atom is -0.465 e. The maximum Gasteiger partial charge on any atom is 0.308 e. The van der Waals surface area contributed by atoms with E-state index in [0.717, 1.165) is 51.4 Å². The summed E-state index contributed by atoms with van der Waals surface area (Å²) in [6.07, 6.45) is 17.8. The topological polar surface area (TPSA) is 52.6 Å². The minimum absolute atomic E-state index is 0.0295. The molecule has 0 N–H and O–H groups in total. The lowest BCUT2D eigenvalue weighted by Gasteiger charge is -2.26. The highest BCUT2D eigenvalue weighted by molar-refractivity contribution is 5.75. The van der Waals surface area contributed by atoms with E-state index in [9.17, 15) is 9.59 Å². The van der Waals surface area contributed by atoms with Crippen molar-refractivity contribution in [2.45, 2.75) is 124 Å². The van der Waals surface area contributed by atoms with Gasteiger partial charge < -0.3 is 9.47 Å². The molecule has 1 aliphatic rings. The molecule has 0 unspecified atom stereocenters. The van der Waals surface area contributed by atoms with Crippen LogP contribution in [-0.2, 0) is 19.1 Å². The molecule has 4 nitrogen and oxygen atoms in total. The maximum atomic E-state index is 12.3. The van der Waals surface area contributed by atoms with Gasteiger partial charge >= 0.3 is 11.9 Å². The molecule has 0 saturated heterocycles. The van der Waals surface area contributed by atoms with Gasteiger partial charge in [0.1, 0.15) is 0 Å². The van der Waals surface area contributed by atoms with Crippen LogP contribution in [0.2, 0.25) is 0 Å². The maximum absolute atomic E-state index is 12.3. The molecule has 0 atom stereocenters. The van der Waals surface area contributed by atoms with Crippen LogP contribution in [0.4, 0.5) is 0 Å². The van der Waals surface area contributed by atoms with E-state index >= 15 is 0 Å². The highest BCUT2D eigenvalue weighted by Crippen LogP contribution is 2.30. The second-order valence-corrected chi connectivity index (χ2v) is 9.60. The first-order valence-corrected chi connectivity index (χ1v) is 12.9. The summed E-state index contributed by atoms with van der Waals surface area (Å²) in [6, 6.07) is 0. The van der Waals surface area contributed by atoms with E-state index in [1.165, 1.54) is 51.4 Å². The number of hydrogen-bond acceptors (Lipinski definition) is 4. The summed E-state index contributed by atoms with van der Waals surface area (Å²) in [5, 5.41) is 0. The lowest BCUT2D eigenvalue weighted by molar-refractivity contribution is -0.155. The second kappa shape index (κ2) is 17.6. The number of esters is 2. The van der Waals surface area contributed by atoms with E-state index in [2.05, 4.69) is 20.8 Å². The van der Waals surface area contributed by atoms with Gasteiger partial charge in [0.05, 0.1) is 25.0 Å². The quantitative estimate of drug-likeness (QED) is 0.182. The molecular formula is C26H48O4. The smallest absolute Gasteiger partial charge is 0.308 e. The fourth-order valence-electron chi connectivity index (χ4n) is 4.23. The highest BCUT2D eigenvalue weighted by Gasteiger charge is 2.31. The van der Waals surface area contributed by atoms with Crippen molar-refractivity contribution in [3.05, 3.63) is 0 Å². The van der Waals surface area contributed by atoms with Gasteiger partial charge in [-0.05, 0) is 50.9 Å². The third-order valence-corrected chi connectivity index (χ3v) is 6.31. The van der Waals surface area contributed by atoms with Gasteiger partial charge in [-0.3, -0.25) is 9.59 Å². The fraction of sp³-hybridized carbons (Fsp3) is 0.923. The Labute approximate surface area is 185 Å². The van der Waals surface area contributed by atoms with Crippen LogP contribution in [0.15, 0.2) is 0 Å². The average molecular weight is 425 g/mol. The third kappa shape index (κ3) is 13.3. The van der Waals surface area contributed by atoms with Crippen LogP contribution in [0.25, 0.3) is 0 Å². The lowest BCUT2D eigenvalue weighted by atomic mass is 9.82. The van der Waals surface area contributed by atoms with Crippen molar-refractivity contribution in [1.82, 2.24) is 0 Å². The molecule has 1 saturated carbocycles. The standard InChI is InChI=1S/C26H48O4/c1-4-5-6-7-8-9-10-11-12-13-20-29-25(27)23-16-18-24(19-17-23)26(28)30-21-14-15-22(2)3/h22-24H,4-21H2,1-3H3. The molecule has 0 heterocycles. The predicted molar refractivity (Wildman–Crippen MR) is 123 cm³/mol. The Kier molecular flexibility index (Phi) is 15.8. The first kappa shape index (κ1) is 27.0. The first-order valence-electron chi connectivity index (χ1n) is 12.9. The van der Waals surface area contributed by atoms with E-state index in [-0.39, 0.29) is 23.8 Å². The molecule has 0 aromatic rings. The number of carbonyl (C=O) groups is 2. The monoisotopic (exact) mass is 424 g/mol. The summed E-state index contributed by atoms with van der Waals surface area (Å²) in [6.45, 7) is 7.69. The van der Waals surface area contributed by atoms with Crippen LogP contribution in [0.3, 0.4) is 0 Å². The van der Waals surface area contributed by atoms with Crippen LogP contribution >= 0.6 is 0 Å². The van der Waals surface area contributed by atoms with E-state index in [1.807, 2.05) is 0 Å². The zero-order valence-corrected chi connectivity index (χ0v) is 20.1. The van der Waals surface area contributed by atoms with Gasteiger partial charge in [0.15, 0.2) is 0 Å². The molecule has 1 aliphatic carbocycles. The molecule has 176 valence electrons. The molecule has 0 radical (unpaired) electrons. The molecule has 0 aromatic heterocycles. The van der Waals surface area contributed by atoms with Gasteiger partial charge in [0, 0.05) is 0 Å². The largest absolute Gasteiger partial charge is 0.465 e. The molecule has 0 spiro atoms. The molecule has 0 aromatic carbocycles. The van der Waals surface area contributed by atoms with Crippen LogP contribution in [0.1, 0.15) is 124 Å². The highest BCUT2D eigenvalue weighted by atomic mass is 16.5. The molecule has 0 bridgehead atoms. The molecule has 4 heteroatoms. The average Bonchev–Trinajstić information content (AvgIpc) is 2.74. The van der Waals surface area contributed by atoms with Crippen molar-refractivity contribution in [2.75, 3.05) is 13.2 Å². The predicted octanol–water partition coefficient (Wildman–Crippen LogP) is 7.24. The Bertz CT molecular complexity index is 438. The lowest BCUT2D eigenvalue weighted by Crippen LogP contribution is -2.28. The van der Waals surface area contributed by atoms with Crippen molar-refractivity contribution in [3.63, 3.8) is 0 Å². The van der Waals surface area contributed by atoms with E-state index in [4.69, 9.17) is 9.47 Å². The van der Waals surface area contributed by atoms with E-state index < -0.39 is 0 Å².